The van der Waals surface area contributed by atoms with Crippen molar-refractivity contribution < 1.29 is 14.3 Å². The van der Waals surface area contributed by atoms with E-state index in [-0.39, 0.29) is 11.8 Å². The topological polar surface area (TPSA) is 46.6 Å². The fourth-order valence-electron chi connectivity index (χ4n) is 2.08. The Morgan fingerprint density at radius 2 is 1.50 bits per heavy atom. The second-order valence-electron chi connectivity index (χ2n) is 4.63. The van der Waals surface area contributed by atoms with Gasteiger partial charge in [-0.1, -0.05) is 12.1 Å². The van der Waals surface area contributed by atoms with Gasteiger partial charge in [0, 0.05) is 12.2 Å². The molecule has 18 heavy (non-hydrogen) atoms. The number of imide groups is 1. The summed E-state index contributed by atoms with van der Waals surface area (Å²) in [6.45, 7) is 3.97. The number of hydrogen-bond acceptors (Lipinski definition) is 3. The zero-order chi connectivity index (χ0) is 13.3. The normalized spacial score (nSPS) is 15.4. The van der Waals surface area contributed by atoms with Crippen LogP contribution in [0.1, 0.15) is 0 Å². The molecule has 0 radical (unpaired) electrons. The van der Waals surface area contributed by atoms with E-state index in [4.69, 9.17) is 4.74 Å². The summed E-state index contributed by atoms with van der Waals surface area (Å²) >= 11 is 0. The molecule has 0 aromatic heterocycles. The van der Waals surface area contributed by atoms with Gasteiger partial charge in [0.25, 0.3) is 0 Å². The summed E-state index contributed by atoms with van der Waals surface area (Å²) in [5, 5.41) is 1.02. The SMILES string of the molecule is COc1ccc([Si](C)(C)N2C(=O)C=CC2=O)cc1. The van der Waals surface area contributed by atoms with Crippen molar-refractivity contribution in [3.05, 3.63) is 36.4 Å². The second kappa shape index (κ2) is 4.42. The molecule has 1 heterocycles. The van der Waals surface area contributed by atoms with Gasteiger partial charge in [-0.25, -0.2) is 0 Å². The highest BCUT2D eigenvalue weighted by Crippen LogP contribution is 2.18. The molecule has 0 spiro atoms. The van der Waals surface area contributed by atoms with Crippen LogP contribution in [-0.2, 0) is 9.59 Å². The third-order valence-electron chi connectivity index (χ3n) is 3.16. The van der Waals surface area contributed by atoms with Gasteiger partial charge in [0.1, 0.15) is 5.75 Å². The molecule has 2 amide bonds. The van der Waals surface area contributed by atoms with Crippen molar-refractivity contribution in [2.45, 2.75) is 13.1 Å². The summed E-state index contributed by atoms with van der Waals surface area (Å²) < 4.78 is 6.50. The summed E-state index contributed by atoms with van der Waals surface area (Å²) in [6.07, 6.45) is 2.67. The van der Waals surface area contributed by atoms with Crippen LogP contribution in [0.25, 0.3) is 0 Å². The summed E-state index contributed by atoms with van der Waals surface area (Å²) in [4.78, 5) is 23.5. The largest absolute Gasteiger partial charge is 0.497 e. The first kappa shape index (κ1) is 12.6. The molecule has 5 heteroatoms. The van der Waals surface area contributed by atoms with Crippen molar-refractivity contribution in [1.29, 1.82) is 0 Å². The first-order valence-corrected chi connectivity index (χ1v) is 8.62. The maximum Gasteiger partial charge on any atom is 0.245 e. The van der Waals surface area contributed by atoms with E-state index >= 15 is 0 Å². The first-order valence-electron chi connectivity index (χ1n) is 5.67. The first-order chi connectivity index (χ1) is 8.46. The van der Waals surface area contributed by atoms with E-state index in [1.54, 1.807) is 7.11 Å². The molecule has 0 bridgehead atoms. The van der Waals surface area contributed by atoms with Gasteiger partial charge in [-0.05, 0) is 30.4 Å². The van der Waals surface area contributed by atoms with E-state index in [0.717, 1.165) is 10.9 Å². The summed E-state index contributed by atoms with van der Waals surface area (Å²) in [6, 6.07) is 7.54. The second-order valence-corrected chi connectivity index (χ2v) is 8.78. The van der Waals surface area contributed by atoms with Crippen LogP contribution in [0.5, 0.6) is 5.75 Å². The van der Waals surface area contributed by atoms with E-state index < -0.39 is 8.24 Å². The van der Waals surface area contributed by atoms with E-state index in [0.29, 0.717) is 0 Å². The van der Waals surface area contributed by atoms with Crippen molar-refractivity contribution in [2.75, 3.05) is 7.11 Å². The Morgan fingerprint density at radius 3 is 1.94 bits per heavy atom. The van der Waals surface area contributed by atoms with Crippen molar-refractivity contribution in [3.63, 3.8) is 0 Å². The predicted octanol–water partition coefficient (Wildman–Crippen LogP) is 1.03. The van der Waals surface area contributed by atoms with E-state index in [1.165, 1.54) is 16.7 Å². The van der Waals surface area contributed by atoms with Gasteiger partial charge in [0.15, 0.2) is 8.24 Å². The number of hydrogen-bond donors (Lipinski definition) is 0. The number of carbonyl (C=O) groups is 2. The van der Waals surface area contributed by atoms with Gasteiger partial charge in [-0.3, -0.25) is 9.59 Å². The van der Waals surface area contributed by atoms with Crippen molar-refractivity contribution in [1.82, 2.24) is 4.57 Å². The fourth-order valence-corrected chi connectivity index (χ4v) is 4.57. The molecule has 0 atom stereocenters. The Kier molecular flexibility index (Phi) is 3.08. The number of carbonyl (C=O) groups excluding carboxylic acids is 2. The fraction of sp³-hybridized carbons (Fsp3) is 0.231. The highest BCUT2D eigenvalue weighted by atomic mass is 28.3. The zero-order valence-corrected chi connectivity index (χ0v) is 11.6. The van der Waals surface area contributed by atoms with E-state index in [1.807, 2.05) is 37.4 Å². The zero-order valence-electron chi connectivity index (χ0n) is 10.6. The lowest BCUT2D eigenvalue weighted by molar-refractivity contribution is -0.131. The maximum atomic E-state index is 11.8. The summed E-state index contributed by atoms with van der Waals surface area (Å²) in [5.41, 5.74) is 0. The lowest BCUT2D eigenvalue weighted by Gasteiger charge is -2.32. The van der Waals surface area contributed by atoms with Crippen molar-refractivity contribution >= 4 is 25.2 Å². The van der Waals surface area contributed by atoms with E-state index in [9.17, 15) is 9.59 Å². The molecule has 1 aliphatic rings. The van der Waals surface area contributed by atoms with Crippen LogP contribution < -0.4 is 9.92 Å². The summed E-state index contributed by atoms with van der Waals surface area (Å²) in [7, 11) is -0.686. The van der Waals surface area contributed by atoms with Crippen molar-refractivity contribution in [3.8, 4) is 5.75 Å². The molecule has 1 aromatic carbocycles. The predicted molar refractivity (Wildman–Crippen MR) is 71.1 cm³/mol. The average Bonchev–Trinajstić information content (AvgIpc) is 2.69. The number of benzene rings is 1. The molecule has 0 saturated carbocycles. The van der Waals surface area contributed by atoms with Crippen LogP contribution >= 0.6 is 0 Å². The van der Waals surface area contributed by atoms with E-state index in [2.05, 4.69) is 0 Å². The molecule has 1 aromatic rings. The van der Waals surface area contributed by atoms with Crippen LogP contribution in [0.4, 0.5) is 0 Å². The van der Waals surface area contributed by atoms with Crippen LogP contribution in [0.3, 0.4) is 0 Å². The summed E-state index contributed by atoms with van der Waals surface area (Å²) in [5.74, 6) is 0.334. The molecule has 0 N–H and O–H groups in total. The molecule has 4 nitrogen and oxygen atoms in total. The Hall–Kier alpha value is -1.88. The van der Waals surface area contributed by atoms with Gasteiger partial charge in [-0.15, -0.1) is 0 Å². The van der Waals surface area contributed by atoms with Crippen molar-refractivity contribution in [2.24, 2.45) is 0 Å². The van der Waals surface area contributed by atoms with Gasteiger partial charge in [-0.2, -0.15) is 0 Å². The van der Waals surface area contributed by atoms with Crippen LogP contribution in [0.2, 0.25) is 13.1 Å². The quantitative estimate of drug-likeness (QED) is 0.603. The minimum Gasteiger partial charge on any atom is -0.497 e. The standard InChI is InChI=1S/C13H15NO3Si/c1-17-10-4-6-11(7-5-10)18(2,3)14-12(15)8-9-13(14)16/h4-9H,1-3H3. The molecule has 0 fully saturated rings. The Labute approximate surface area is 107 Å². The average molecular weight is 261 g/mol. The molecule has 0 saturated heterocycles. The van der Waals surface area contributed by atoms with Crippen LogP contribution in [0, 0.1) is 0 Å². The van der Waals surface area contributed by atoms with Gasteiger partial charge < -0.3 is 9.30 Å². The van der Waals surface area contributed by atoms with Crippen LogP contribution in [0.15, 0.2) is 36.4 Å². The van der Waals surface area contributed by atoms with Gasteiger partial charge in [0.2, 0.25) is 11.8 Å². The Morgan fingerprint density at radius 1 is 1.00 bits per heavy atom. The lowest BCUT2D eigenvalue weighted by atomic mass is 10.3. The number of rotatable bonds is 3. The highest BCUT2D eigenvalue weighted by Gasteiger charge is 2.40. The molecule has 0 unspecified atom stereocenters. The Bertz CT molecular complexity index is 502. The van der Waals surface area contributed by atoms with Crippen LogP contribution in [-0.4, -0.2) is 31.7 Å². The number of nitrogens with zero attached hydrogens (tertiary/aromatic N) is 1. The third kappa shape index (κ3) is 1.97. The smallest absolute Gasteiger partial charge is 0.245 e. The number of ether oxygens (including phenoxy) is 1. The molecule has 0 aliphatic carbocycles. The van der Waals surface area contributed by atoms with Gasteiger partial charge in [0.05, 0.1) is 7.11 Å². The number of amides is 2. The minimum atomic E-state index is -2.29. The molecule has 2 rings (SSSR count). The molecule has 94 valence electrons. The Balaban J connectivity index is 2.35. The number of methoxy groups -OCH3 is 1. The minimum absolute atomic E-state index is 0.215. The molecular weight excluding hydrogens is 246 g/mol. The maximum absolute atomic E-state index is 11.8. The monoisotopic (exact) mass is 261 g/mol. The van der Waals surface area contributed by atoms with Gasteiger partial charge >= 0.3 is 0 Å². The third-order valence-corrected chi connectivity index (χ3v) is 6.47. The lowest BCUT2D eigenvalue weighted by Crippen LogP contribution is -2.60. The highest BCUT2D eigenvalue weighted by molar-refractivity contribution is 6.91. The molecule has 1 aliphatic heterocycles. The molecular formula is C13H15NO3Si.